The van der Waals surface area contributed by atoms with E-state index in [1.807, 2.05) is 6.92 Å². The molecule has 0 saturated carbocycles. The van der Waals surface area contributed by atoms with Crippen molar-refractivity contribution in [1.29, 1.82) is 0 Å². The van der Waals surface area contributed by atoms with Crippen LogP contribution in [-0.2, 0) is 17.5 Å². The van der Waals surface area contributed by atoms with Crippen LogP contribution >= 0.6 is 23.4 Å². The molecule has 3 rings (SSSR count). The number of carbonyl (C=O) groups is 2. The van der Waals surface area contributed by atoms with E-state index < -0.39 is 23.6 Å². The van der Waals surface area contributed by atoms with Crippen molar-refractivity contribution in [1.82, 2.24) is 20.4 Å². The lowest BCUT2D eigenvalue weighted by atomic mass is 10.2. The van der Waals surface area contributed by atoms with Gasteiger partial charge in [-0.15, -0.1) is 0 Å². The zero-order valence-electron chi connectivity index (χ0n) is 16.3. The first-order valence-corrected chi connectivity index (χ1v) is 10.6. The molecule has 3 aromatic rings. The molecule has 0 unspecified atom stereocenters. The van der Waals surface area contributed by atoms with Gasteiger partial charge in [0.1, 0.15) is 0 Å². The van der Waals surface area contributed by atoms with Crippen LogP contribution in [0.3, 0.4) is 0 Å². The van der Waals surface area contributed by atoms with Gasteiger partial charge in [0.15, 0.2) is 5.16 Å². The van der Waals surface area contributed by atoms with Gasteiger partial charge in [0.2, 0.25) is 5.91 Å². The lowest BCUT2D eigenvalue weighted by molar-refractivity contribution is -0.137. The lowest BCUT2D eigenvalue weighted by Gasteiger charge is -2.10. The highest BCUT2D eigenvalue weighted by Crippen LogP contribution is 2.33. The fourth-order valence-corrected chi connectivity index (χ4v) is 3.89. The second kappa shape index (κ2) is 9.61. The van der Waals surface area contributed by atoms with Gasteiger partial charge in [-0.25, -0.2) is 4.98 Å². The summed E-state index contributed by atoms with van der Waals surface area (Å²) in [4.78, 5) is 28.6. The third kappa shape index (κ3) is 5.50. The summed E-state index contributed by atoms with van der Waals surface area (Å²) in [7, 11) is 0. The minimum atomic E-state index is -4.46. The molecule has 0 bridgehead atoms. The lowest BCUT2D eigenvalue weighted by Crippen LogP contribution is -2.42. The fraction of sp³-hybridized carbons (Fsp3) is 0.250. The minimum Gasteiger partial charge on any atom is -0.319 e. The van der Waals surface area contributed by atoms with Crippen LogP contribution in [0.5, 0.6) is 0 Å². The van der Waals surface area contributed by atoms with Crippen molar-refractivity contribution < 1.29 is 22.8 Å². The van der Waals surface area contributed by atoms with E-state index in [2.05, 4.69) is 15.8 Å². The molecule has 0 aliphatic carbocycles. The van der Waals surface area contributed by atoms with Crippen LogP contribution in [0.1, 0.15) is 29.3 Å². The van der Waals surface area contributed by atoms with E-state index in [-0.39, 0.29) is 16.3 Å². The average molecular weight is 471 g/mol. The number of hydrogen-bond donors (Lipinski definition) is 2. The topological polar surface area (TPSA) is 76.0 Å². The quantitative estimate of drug-likeness (QED) is 0.405. The Balaban J connectivity index is 1.68. The monoisotopic (exact) mass is 470 g/mol. The van der Waals surface area contributed by atoms with Gasteiger partial charge in [-0.3, -0.25) is 20.4 Å². The summed E-state index contributed by atoms with van der Waals surface area (Å²) in [6, 6.07) is 9.74. The summed E-state index contributed by atoms with van der Waals surface area (Å²) < 4.78 is 40.8. The van der Waals surface area contributed by atoms with Crippen LogP contribution in [0.2, 0.25) is 5.02 Å². The Morgan fingerprint density at radius 3 is 2.58 bits per heavy atom. The predicted molar refractivity (Wildman–Crippen MR) is 113 cm³/mol. The Kier molecular flexibility index (Phi) is 7.11. The highest BCUT2D eigenvalue weighted by Gasteiger charge is 2.31. The van der Waals surface area contributed by atoms with E-state index in [9.17, 15) is 22.8 Å². The summed E-state index contributed by atoms with van der Waals surface area (Å²) >= 11 is 7.01. The number of nitrogens with one attached hydrogen (secondary N) is 2. The maximum atomic E-state index is 13.1. The normalized spacial score (nSPS) is 11.5. The number of imidazole rings is 1. The number of fused-ring (bicyclic) bond motifs is 1. The first-order chi connectivity index (χ1) is 14.7. The molecule has 0 saturated heterocycles. The summed E-state index contributed by atoms with van der Waals surface area (Å²) in [5, 5.41) is 0.666. The third-order valence-corrected chi connectivity index (χ3v) is 5.56. The second-order valence-electron chi connectivity index (χ2n) is 6.52. The molecule has 6 nitrogen and oxygen atoms in total. The number of aryl methyl sites for hydroxylation is 1. The molecule has 2 amide bonds. The van der Waals surface area contributed by atoms with Gasteiger partial charge in [0.05, 0.1) is 32.9 Å². The van der Waals surface area contributed by atoms with Gasteiger partial charge in [0.25, 0.3) is 5.91 Å². The van der Waals surface area contributed by atoms with Crippen molar-refractivity contribution in [3.63, 3.8) is 0 Å². The molecule has 2 aromatic carbocycles. The van der Waals surface area contributed by atoms with Crippen LogP contribution in [0.15, 0.2) is 47.6 Å². The molecule has 31 heavy (non-hydrogen) atoms. The Labute approximate surface area is 185 Å². The Morgan fingerprint density at radius 1 is 1.16 bits per heavy atom. The van der Waals surface area contributed by atoms with E-state index in [0.29, 0.717) is 29.2 Å². The van der Waals surface area contributed by atoms with Crippen LogP contribution in [0.4, 0.5) is 13.2 Å². The summed E-state index contributed by atoms with van der Waals surface area (Å²) in [5.41, 5.74) is 4.79. The van der Waals surface area contributed by atoms with Gasteiger partial charge in [-0.05, 0) is 36.8 Å². The fourth-order valence-electron chi connectivity index (χ4n) is 2.83. The molecule has 0 atom stereocenters. The number of hydrazine groups is 1. The molecule has 0 radical (unpaired) electrons. The number of nitrogens with zero attached hydrogens (tertiary/aromatic N) is 2. The minimum absolute atomic E-state index is 0.0953. The second-order valence-corrected chi connectivity index (χ2v) is 7.87. The van der Waals surface area contributed by atoms with E-state index in [1.165, 1.54) is 12.1 Å². The number of alkyl halides is 3. The number of carbonyl (C=O) groups excluding carboxylic acids is 2. The van der Waals surface area contributed by atoms with Crippen molar-refractivity contribution in [3.8, 4) is 0 Å². The molecule has 11 heteroatoms. The third-order valence-electron chi connectivity index (χ3n) is 4.25. The zero-order valence-corrected chi connectivity index (χ0v) is 17.9. The molecule has 1 heterocycles. The van der Waals surface area contributed by atoms with Crippen LogP contribution < -0.4 is 10.9 Å². The molecule has 164 valence electrons. The molecule has 2 N–H and O–H groups in total. The molecular weight excluding hydrogens is 453 g/mol. The van der Waals surface area contributed by atoms with Crippen molar-refractivity contribution in [2.45, 2.75) is 31.2 Å². The van der Waals surface area contributed by atoms with E-state index in [1.54, 1.807) is 22.8 Å². The Morgan fingerprint density at radius 2 is 1.90 bits per heavy atom. The smallest absolute Gasteiger partial charge is 0.319 e. The van der Waals surface area contributed by atoms with E-state index >= 15 is 0 Å². The van der Waals surface area contributed by atoms with Crippen molar-refractivity contribution in [3.05, 3.63) is 58.6 Å². The largest absolute Gasteiger partial charge is 0.416 e. The number of thioether (sulfide) groups is 1. The standard InChI is InChI=1S/C20H18ClF3N4O2S/c1-2-9-28-16-10-12(20(22,23)24)7-8-15(16)25-19(28)31-11-17(29)26-27-18(30)13-5-3-4-6-14(13)21/h3-8,10H,2,9,11H2,1H3,(H,26,29)(H,27,30). The zero-order chi connectivity index (χ0) is 22.6. The first-order valence-electron chi connectivity index (χ1n) is 9.24. The molecule has 0 aliphatic rings. The highest BCUT2D eigenvalue weighted by atomic mass is 35.5. The van der Waals surface area contributed by atoms with Crippen LogP contribution in [0, 0.1) is 0 Å². The van der Waals surface area contributed by atoms with Crippen molar-refractivity contribution in [2.24, 2.45) is 0 Å². The number of hydrogen-bond acceptors (Lipinski definition) is 4. The van der Waals surface area contributed by atoms with Gasteiger partial charge in [-0.1, -0.05) is 42.4 Å². The van der Waals surface area contributed by atoms with E-state index in [0.717, 1.165) is 23.9 Å². The molecule has 0 aliphatic heterocycles. The maximum Gasteiger partial charge on any atom is 0.416 e. The SMILES string of the molecule is CCCn1c(SCC(=O)NNC(=O)c2ccccc2Cl)nc2ccc(C(F)(F)F)cc21. The number of halogens is 4. The van der Waals surface area contributed by atoms with Crippen molar-refractivity contribution in [2.75, 3.05) is 5.75 Å². The van der Waals surface area contributed by atoms with Gasteiger partial charge in [0, 0.05) is 6.54 Å². The van der Waals surface area contributed by atoms with Crippen molar-refractivity contribution >= 4 is 46.2 Å². The number of aromatic nitrogens is 2. The molecule has 1 aromatic heterocycles. The number of amides is 2. The van der Waals surface area contributed by atoms with E-state index in [4.69, 9.17) is 11.6 Å². The van der Waals surface area contributed by atoms with Gasteiger partial charge in [-0.2, -0.15) is 13.2 Å². The van der Waals surface area contributed by atoms with Crippen LogP contribution in [-0.4, -0.2) is 27.1 Å². The molecule has 0 spiro atoms. The van der Waals surface area contributed by atoms with Gasteiger partial charge >= 0.3 is 6.18 Å². The number of rotatable bonds is 6. The maximum absolute atomic E-state index is 13.1. The summed E-state index contributed by atoms with van der Waals surface area (Å²) in [6.45, 7) is 2.34. The van der Waals surface area contributed by atoms with Crippen LogP contribution in [0.25, 0.3) is 11.0 Å². The predicted octanol–water partition coefficient (Wildman–Crippen LogP) is 4.67. The highest BCUT2D eigenvalue weighted by molar-refractivity contribution is 7.99. The summed E-state index contributed by atoms with van der Waals surface area (Å²) in [6.07, 6.45) is -3.78. The average Bonchev–Trinajstić information content (AvgIpc) is 3.07. The Bertz CT molecular complexity index is 1120. The number of benzene rings is 2. The molecule has 0 fully saturated rings. The Hall–Kier alpha value is -2.72. The molecular formula is C20H18ClF3N4O2S. The first kappa shape index (κ1) is 23.0. The van der Waals surface area contributed by atoms with Gasteiger partial charge < -0.3 is 4.57 Å². The summed E-state index contributed by atoms with van der Waals surface area (Å²) in [5.74, 6) is -1.17.